The van der Waals surface area contributed by atoms with Gasteiger partial charge in [-0.15, -0.1) is 0 Å². The highest BCUT2D eigenvalue weighted by Gasteiger charge is 2.34. The monoisotopic (exact) mass is 407 g/mol. The standard InChI is InChI=1S/C25H29NO4/c1-4-5-15-26(3)16-20(17(2)27)22(18-11-7-6-8-12-18)23-24(28)19-13-9-10-14-21(19)30-25(23)29/h6-14,20,22,28H,4-5,15-16H2,1-3H3. The van der Waals surface area contributed by atoms with Crippen LogP contribution in [0.5, 0.6) is 5.75 Å². The molecule has 1 heterocycles. The van der Waals surface area contributed by atoms with Crippen LogP contribution in [0.3, 0.4) is 0 Å². The van der Waals surface area contributed by atoms with E-state index in [0.717, 1.165) is 24.9 Å². The molecule has 2 unspecified atom stereocenters. The van der Waals surface area contributed by atoms with E-state index in [0.29, 0.717) is 17.5 Å². The van der Waals surface area contributed by atoms with Gasteiger partial charge in [0.1, 0.15) is 17.1 Å². The molecule has 3 aromatic rings. The first kappa shape index (κ1) is 21.8. The summed E-state index contributed by atoms with van der Waals surface area (Å²) in [5.74, 6) is -1.24. The number of aromatic hydroxyl groups is 1. The third kappa shape index (κ3) is 4.62. The summed E-state index contributed by atoms with van der Waals surface area (Å²) in [5, 5.41) is 11.6. The normalized spacial score (nSPS) is 13.5. The number of Topliss-reactive ketones (excluding diaryl/α,β-unsaturated/α-hetero) is 1. The largest absolute Gasteiger partial charge is 0.507 e. The van der Waals surface area contributed by atoms with Gasteiger partial charge in [-0.25, -0.2) is 4.79 Å². The summed E-state index contributed by atoms with van der Waals surface area (Å²) < 4.78 is 5.54. The number of carbonyl (C=O) groups is 1. The van der Waals surface area contributed by atoms with Crippen molar-refractivity contribution in [1.82, 2.24) is 4.90 Å². The Morgan fingerprint density at radius 2 is 1.77 bits per heavy atom. The maximum absolute atomic E-state index is 13.0. The molecule has 1 aromatic heterocycles. The second-order valence-corrected chi connectivity index (χ2v) is 7.87. The smallest absolute Gasteiger partial charge is 0.343 e. The Bertz CT molecular complexity index is 1060. The number of nitrogens with zero attached hydrogens (tertiary/aromatic N) is 1. The van der Waals surface area contributed by atoms with Crippen LogP contribution in [0.15, 0.2) is 63.8 Å². The van der Waals surface area contributed by atoms with Gasteiger partial charge in [-0.1, -0.05) is 55.8 Å². The van der Waals surface area contributed by atoms with Crippen molar-refractivity contribution >= 4 is 16.8 Å². The Hall–Kier alpha value is -2.92. The van der Waals surface area contributed by atoms with Gasteiger partial charge in [0.2, 0.25) is 0 Å². The number of benzene rings is 2. The highest BCUT2D eigenvalue weighted by molar-refractivity contribution is 5.85. The number of rotatable bonds is 9. The van der Waals surface area contributed by atoms with Crippen molar-refractivity contribution in [2.45, 2.75) is 32.6 Å². The summed E-state index contributed by atoms with van der Waals surface area (Å²) in [6.45, 7) is 5.02. The quantitative estimate of drug-likeness (QED) is 0.526. The van der Waals surface area contributed by atoms with Crippen LogP contribution in [-0.2, 0) is 4.79 Å². The number of fused-ring (bicyclic) bond motifs is 1. The molecular formula is C25H29NO4. The first-order valence-electron chi connectivity index (χ1n) is 10.4. The van der Waals surface area contributed by atoms with Crippen molar-refractivity contribution in [1.29, 1.82) is 0 Å². The van der Waals surface area contributed by atoms with E-state index in [2.05, 4.69) is 11.8 Å². The van der Waals surface area contributed by atoms with Crippen LogP contribution in [0, 0.1) is 5.92 Å². The minimum atomic E-state index is -0.609. The molecule has 2 aromatic carbocycles. The van der Waals surface area contributed by atoms with Crippen LogP contribution >= 0.6 is 0 Å². The van der Waals surface area contributed by atoms with Crippen molar-refractivity contribution in [2.24, 2.45) is 5.92 Å². The average Bonchev–Trinajstić information content (AvgIpc) is 2.74. The second kappa shape index (κ2) is 9.72. The van der Waals surface area contributed by atoms with E-state index in [1.165, 1.54) is 0 Å². The molecular weight excluding hydrogens is 378 g/mol. The number of para-hydroxylation sites is 1. The van der Waals surface area contributed by atoms with Crippen LogP contribution < -0.4 is 5.63 Å². The van der Waals surface area contributed by atoms with Crippen LogP contribution in [0.1, 0.15) is 43.7 Å². The third-order valence-corrected chi connectivity index (χ3v) is 5.62. The molecule has 0 aliphatic rings. The van der Waals surface area contributed by atoms with Gasteiger partial charge in [-0.05, 0) is 44.6 Å². The Morgan fingerprint density at radius 3 is 2.43 bits per heavy atom. The first-order valence-corrected chi connectivity index (χ1v) is 10.4. The summed E-state index contributed by atoms with van der Waals surface area (Å²) in [6, 6.07) is 16.3. The van der Waals surface area contributed by atoms with Gasteiger partial charge in [0.15, 0.2) is 0 Å². The molecule has 0 amide bonds. The van der Waals surface area contributed by atoms with Gasteiger partial charge in [0.05, 0.1) is 10.9 Å². The lowest BCUT2D eigenvalue weighted by atomic mass is 9.78. The number of hydrogen-bond donors (Lipinski definition) is 1. The maximum Gasteiger partial charge on any atom is 0.343 e. The second-order valence-electron chi connectivity index (χ2n) is 7.87. The molecule has 0 radical (unpaired) electrons. The minimum absolute atomic E-state index is 0.0286. The molecule has 3 rings (SSSR count). The lowest BCUT2D eigenvalue weighted by Crippen LogP contribution is -2.36. The predicted octanol–water partition coefficient (Wildman–Crippen LogP) is 4.57. The SMILES string of the molecule is CCCCN(C)CC(C(C)=O)C(c1ccccc1)c1c(O)c2ccccc2oc1=O. The van der Waals surface area contributed by atoms with E-state index in [4.69, 9.17) is 4.42 Å². The molecule has 0 saturated carbocycles. The first-order chi connectivity index (χ1) is 14.4. The molecule has 0 aliphatic carbocycles. The van der Waals surface area contributed by atoms with Crippen LogP contribution in [0.2, 0.25) is 0 Å². The molecule has 0 fully saturated rings. The molecule has 0 saturated heterocycles. The molecule has 158 valence electrons. The molecule has 30 heavy (non-hydrogen) atoms. The molecule has 5 heteroatoms. The fourth-order valence-electron chi connectivity index (χ4n) is 4.01. The molecule has 2 atom stereocenters. The molecule has 1 N–H and O–H groups in total. The average molecular weight is 408 g/mol. The van der Waals surface area contributed by atoms with Gasteiger partial charge in [0.25, 0.3) is 0 Å². The van der Waals surface area contributed by atoms with Gasteiger partial charge in [0, 0.05) is 18.4 Å². The summed E-state index contributed by atoms with van der Waals surface area (Å²) in [6.07, 6.45) is 2.09. The molecule has 0 aliphatic heterocycles. The zero-order chi connectivity index (χ0) is 21.7. The van der Waals surface area contributed by atoms with E-state index in [9.17, 15) is 14.7 Å². The number of ketones is 1. The number of hydrogen-bond acceptors (Lipinski definition) is 5. The maximum atomic E-state index is 13.0. The summed E-state index contributed by atoms with van der Waals surface area (Å²) in [4.78, 5) is 27.9. The van der Waals surface area contributed by atoms with Crippen LogP contribution in [0.4, 0.5) is 0 Å². The highest BCUT2D eigenvalue weighted by atomic mass is 16.4. The fourth-order valence-corrected chi connectivity index (χ4v) is 4.01. The van der Waals surface area contributed by atoms with Crippen molar-refractivity contribution in [2.75, 3.05) is 20.1 Å². The third-order valence-electron chi connectivity index (χ3n) is 5.62. The van der Waals surface area contributed by atoms with Crippen molar-refractivity contribution in [3.8, 4) is 5.75 Å². The van der Waals surface area contributed by atoms with Gasteiger partial charge in [-0.2, -0.15) is 0 Å². The summed E-state index contributed by atoms with van der Waals surface area (Å²) in [5.41, 5.74) is 0.668. The van der Waals surface area contributed by atoms with E-state index in [1.807, 2.05) is 37.4 Å². The molecule has 0 bridgehead atoms. The number of unbranched alkanes of at least 4 members (excludes halogenated alkanes) is 1. The topological polar surface area (TPSA) is 70.8 Å². The predicted molar refractivity (Wildman–Crippen MR) is 119 cm³/mol. The van der Waals surface area contributed by atoms with Crippen molar-refractivity contribution in [3.63, 3.8) is 0 Å². The summed E-state index contributed by atoms with van der Waals surface area (Å²) >= 11 is 0. The Kier molecular flexibility index (Phi) is 7.06. The van der Waals surface area contributed by atoms with E-state index in [1.54, 1.807) is 31.2 Å². The van der Waals surface area contributed by atoms with E-state index < -0.39 is 17.5 Å². The van der Waals surface area contributed by atoms with Crippen LogP contribution in [0.25, 0.3) is 11.0 Å². The lowest BCUT2D eigenvalue weighted by Gasteiger charge is -2.29. The molecule has 5 nitrogen and oxygen atoms in total. The minimum Gasteiger partial charge on any atom is -0.507 e. The Morgan fingerprint density at radius 1 is 1.10 bits per heavy atom. The summed E-state index contributed by atoms with van der Waals surface area (Å²) in [7, 11) is 1.98. The van der Waals surface area contributed by atoms with Crippen molar-refractivity contribution in [3.05, 3.63) is 76.1 Å². The van der Waals surface area contributed by atoms with E-state index >= 15 is 0 Å². The zero-order valence-corrected chi connectivity index (χ0v) is 17.8. The van der Waals surface area contributed by atoms with Crippen molar-refractivity contribution < 1.29 is 14.3 Å². The fraction of sp³-hybridized carbons (Fsp3) is 0.360. The van der Waals surface area contributed by atoms with Crippen LogP contribution in [-0.4, -0.2) is 35.9 Å². The van der Waals surface area contributed by atoms with Gasteiger partial charge < -0.3 is 14.4 Å². The van der Waals surface area contributed by atoms with Gasteiger partial charge >= 0.3 is 5.63 Å². The van der Waals surface area contributed by atoms with Gasteiger partial charge in [-0.3, -0.25) is 4.79 Å². The lowest BCUT2D eigenvalue weighted by molar-refractivity contribution is -0.121. The highest BCUT2D eigenvalue weighted by Crippen LogP contribution is 2.39. The van der Waals surface area contributed by atoms with E-state index in [-0.39, 0.29) is 17.1 Å². The zero-order valence-electron chi connectivity index (χ0n) is 17.8. The number of carbonyl (C=O) groups excluding carboxylic acids is 1. The Balaban J connectivity index is 2.17. The Labute approximate surface area is 177 Å². The molecule has 0 spiro atoms.